The maximum Gasteiger partial charge on any atom is 0.252 e. The fourth-order valence-electron chi connectivity index (χ4n) is 0.189. The van der Waals surface area contributed by atoms with E-state index in [1.54, 1.807) is 14.0 Å². The molecule has 0 aromatic carbocycles. The molecule has 0 rings (SSSR count). The van der Waals surface area contributed by atoms with Crippen molar-refractivity contribution in [2.75, 3.05) is 7.05 Å². The highest BCUT2D eigenvalue weighted by atomic mass is 127. The lowest BCUT2D eigenvalue weighted by Crippen LogP contribution is -1.90. The lowest BCUT2D eigenvalue weighted by Gasteiger charge is -1.97. The van der Waals surface area contributed by atoms with Crippen LogP contribution in [0.15, 0.2) is 17.3 Å². The quantitative estimate of drug-likeness (QED) is 0.289. The minimum Gasteiger partial charge on any atom is -0.440 e. The highest BCUT2D eigenvalue weighted by molar-refractivity contribution is 14.1. The molecule has 0 atom stereocenters. The van der Waals surface area contributed by atoms with Crippen LogP contribution < -0.4 is 0 Å². The lowest BCUT2D eigenvalue weighted by molar-refractivity contribution is 0.435. The van der Waals surface area contributed by atoms with Crippen molar-refractivity contribution in [1.82, 2.24) is 0 Å². The first-order chi connectivity index (χ1) is 3.66. The van der Waals surface area contributed by atoms with Gasteiger partial charge in [-0.25, -0.2) is 4.99 Å². The van der Waals surface area contributed by atoms with Crippen molar-refractivity contribution in [3.05, 3.63) is 12.3 Å². The Labute approximate surface area is 62.8 Å². The zero-order valence-electron chi connectivity index (χ0n) is 4.94. The van der Waals surface area contributed by atoms with Gasteiger partial charge in [-0.15, -0.1) is 0 Å². The molecule has 0 spiro atoms. The van der Waals surface area contributed by atoms with Crippen LogP contribution in [-0.4, -0.2) is 11.0 Å². The second kappa shape index (κ2) is 3.88. The van der Waals surface area contributed by atoms with Gasteiger partial charge in [0.2, 0.25) is 0 Å². The number of hydrogen-bond acceptors (Lipinski definition) is 2. The van der Waals surface area contributed by atoms with Crippen molar-refractivity contribution in [3.63, 3.8) is 0 Å². The van der Waals surface area contributed by atoms with Gasteiger partial charge in [0.15, 0.2) is 0 Å². The van der Waals surface area contributed by atoms with E-state index in [4.69, 9.17) is 4.74 Å². The zero-order chi connectivity index (χ0) is 6.57. The van der Waals surface area contributed by atoms with Crippen LogP contribution in [0.25, 0.3) is 0 Å². The average molecular weight is 225 g/mol. The van der Waals surface area contributed by atoms with Gasteiger partial charge in [0, 0.05) is 29.6 Å². The van der Waals surface area contributed by atoms with Gasteiger partial charge in [-0.1, -0.05) is 6.58 Å². The standard InChI is InChI=1S/C5H8INO/c1-4(2)8-5(6)7-3/h1H2,2-3H3. The van der Waals surface area contributed by atoms with Gasteiger partial charge < -0.3 is 4.74 Å². The van der Waals surface area contributed by atoms with E-state index in [1.807, 2.05) is 22.6 Å². The number of aliphatic imine (C=N–C) groups is 1. The first-order valence-electron chi connectivity index (χ1n) is 2.12. The predicted molar refractivity (Wildman–Crippen MR) is 43.3 cm³/mol. The largest absolute Gasteiger partial charge is 0.440 e. The Morgan fingerprint density at radius 3 is 2.38 bits per heavy atom. The maximum atomic E-state index is 4.94. The van der Waals surface area contributed by atoms with Crippen molar-refractivity contribution in [2.45, 2.75) is 6.92 Å². The van der Waals surface area contributed by atoms with Crippen LogP contribution in [0.5, 0.6) is 0 Å². The van der Waals surface area contributed by atoms with Crippen LogP contribution in [0.4, 0.5) is 0 Å². The Morgan fingerprint density at radius 2 is 2.25 bits per heavy atom. The van der Waals surface area contributed by atoms with E-state index in [-0.39, 0.29) is 0 Å². The van der Waals surface area contributed by atoms with Crippen LogP contribution >= 0.6 is 22.6 Å². The Hall–Kier alpha value is -0.0600. The van der Waals surface area contributed by atoms with E-state index in [2.05, 4.69) is 11.6 Å². The summed E-state index contributed by atoms with van der Waals surface area (Å²) in [6, 6.07) is 0. The minimum atomic E-state index is 0.620. The van der Waals surface area contributed by atoms with E-state index in [9.17, 15) is 0 Å². The molecule has 0 radical (unpaired) electrons. The molecule has 0 bridgehead atoms. The van der Waals surface area contributed by atoms with Crippen LogP contribution in [0.2, 0.25) is 0 Å². The van der Waals surface area contributed by atoms with Gasteiger partial charge in [0.25, 0.3) is 3.90 Å². The van der Waals surface area contributed by atoms with Crippen molar-refractivity contribution < 1.29 is 4.74 Å². The topological polar surface area (TPSA) is 21.6 Å². The second-order valence-electron chi connectivity index (χ2n) is 1.28. The lowest BCUT2D eigenvalue weighted by atomic mass is 10.7. The third kappa shape index (κ3) is 4.11. The van der Waals surface area contributed by atoms with Crippen molar-refractivity contribution in [3.8, 4) is 0 Å². The molecule has 0 N–H and O–H groups in total. The summed E-state index contributed by atoms with van der Waals surface area (Å²) in [5.41, 5.74) is 0. The molecule has 0 aliphatic heterocycles. The number of nitrogens with zero attached hydrogens (tertiary/aromatic N) is 1. The molecule has 0 saturated heterocycles. The van der Waals surface area contributed by atoms with E-state index in [1.165, 1.54) is 0 Å². The van der Waals surface area contributed by atoms with E-state index in [0.717, 1.165) is 0 Å². The second-order valence-corrected chi connectivity index (χ2v) is 2.20. The SMILES string of the molecule is C=C(C)OC(I)=NC. The first kappa shape index (κ1) is 7.94. The maximum absolute atomic E-state index is 4.94. The molecular weight excluding hydrogens is 217 g/mol. The van der Waals surface area contributed by atoms with Crippen LogP contribution in [0.3, 0.4) is 0 Å². The summed E-state index contributed by atoms with van der Waals surface area (Å²) in [6.45, 7) is 5.32. The number of halogens is 1. The molecule has 8 heavy (non-hydrogen) atoms. The minimum absolute atomic E-state index is 0.620. The normalized spacial score (nSPS) is 11.1. The molecule has 0 aromatic rings. The van der Waals surface area contributed by atoms with Gasteiger partial charge in [0.05, 0.1) is 5.76 Å². The number of allylic oxidation sites excluding steroid dienone is 1. The van der Waals surface area contributed by atoms with Crippen molar-refractivity contribution in [2.24, 2.45) is 4.99 Å². The van der Waals surface area contributed by atoms with Gasteiger partial charge in [-0.2, -0.15) is 0 Å². The zero-order valence-corrected chi connectivity index (χ0v) is 7.10. The molecule has 0 aromatic heterocycles. The highest BCUT2D eigenvalue weighted by Crippen LogP contribution is 1.98. The van der Waals surface area contributed by atoms with E-state index < -0.39 is 0 Å². The van der Waals surface area contributed by atoms with Gasteiger partial charge in [-0.05, 0) is 6.92 Å². The number of ether oxygens (including phenoxy) is 1. The Kier molecular flexibility index (Phi) is 3.85. The molecule has 0 fully saturated rings. The van der Waals surface area contributed by atoms with Crippen LogP contribution in [0, 0.1) is 0 Å². The fraction of sp³-hybridized carbons (Fsp3) is 0.400. The first-order valence-corrected chi connectivity index (χ1v) is 3.20. The monoisotopic (exact) mass is 225 g/mol. The van der Waals surface area contributed by atoms with Crippen LogP contribution in [0.1, 0.15) is 6.92 Å². The predicted octanol–water partition coefficient (Wildman–Crippen LogP) is 1.96. The smallest absolute Gasteiger partial charge is 0.252 e. The van der Waals surface area contributed by atoms with Crippen molar-refractivity contribution >= 4 is 26.5 Å². The third-order valence-corrected chi connectivity index (χ3v) is 1.14. The molecule has 0 aliphatic rings. The summed E-state index contributed by atoms with van der Waals surface area (Å²) < 4.78 is 5.56. The molecule has 46 valence electrons. The molecule has 2 nitrogen and oxygen atoms in total. The Balaban J connectivity index is 3.56. The Morgan fingerprint density at radius 1 is 1.75 bits per heavy atom. The molecule has 0 aliphatic carbocycles. The van der Waals surface area contributed by atoms with Crippen molar-refractivity contribution in [1.29, 1.82) is 0 Å². The average Bonchev–Trinajstić information content (AvgIpc) is 1.65. The summed E-state index contributed by atoms with van der Waals surface area (Å²) in [5, 5.41) is 0. The molecule has 0 unspecified atom stereocenters. The molecular formula is C5H8INO. The fourth-order valence-corrected chi connectivity index (χ4v) is 0.565. The van der Waals surface area contributed by atoms with E-state index in [0.29, 0.717) is 9.66 Å². The summed E-state index contributed by atoms with van der Waals surface area (Å²) >= 11 is 1.99. The van der Waals surface area contributed by atoms with Gasteiger partial charge >= 0.3 is 0 Å². The third-order valence-electron chi connectivity index (χ3n) is 0.434. The molecule has 3 heteroatoms. The summed E-state index contributed by atoms with van der Waals surface area (Å²) in [4.78, 5) is 3.75. The molecule has 0 heterocycles. The van der Waals surface area contributed by atoms with Gasteiger partial charge in [-0.3, -0.25) is 0 Å². The summed E-state index contributed by atoms with van der Waals surface area (Å²) in [5.74, 6) is 0.667. The Bertz CT molecular complexity index is 120. The molecule has 0 saturated carbocycles. The molecule has 0 amide bonds. The van der Waals surface area contributed by atoms with E-state index >= 15 is 0 Å². The summed E-state index contributed by atoms with van der Waals surface area (Å²) in [6.07, 6.45) is 0. The van der Waals surface area contributed by atoms with Crippen LogP contribution in [-0.2, 0) is 4.74 Å². The number of rotatable bonds is 1. The van der Waals surface area contributed by atoms with Gasteiger partial charge in [0.1, 0.15) is 0 Å². The number of hydrogen-bond donors (Lipinski definition) is 0. The highest BCUT2D eigenvalue weighted by Gasteiger charge is 1.88. The summed E-state index contributed by atoms with van der Waals surface area (Å²) in [7, 11) is 1.67.